The van der Waals surface area contributed by atoms with Crippen LogP contribution in [-0.2, 0) is 4.79 Å². The largest absolute Gasteiger partial charge is 0.342 e. The maximum Gasteiger partial charge on any atom is 0.225 e. The molecule has 2 nitrogen and oxygen atoms in total. The molecule has 1 saturated carbocycles. The maximum absolute atomic E-state index is 13.0. The normalized spacial score (nSPS) is 24.1. The third-order valence-corrected chi connectivity index (χ3v) is 4.25. The van der Waals surface area contributed by atoms with E-state index in [0.29, 0.717) is 17.7 Å². The quantitative estimate of drug-likeness (QED) is 0.799. The minimum Gasteiger partial charge on any atom is -0.342 e. The number of carbonyl (C=O) groups excluding carboxylic acids is 1. The molecule has 19 heavy (non-hydrogen) atoms. The van der Waals surface area contributed by atoms with Crippen LogP contribution in [0.15, 0.2) is 24.3 Å². The van der Waals surface area contributed by atoms with E-state index in [1.807, 2.05) is 17.0 Å². The first-order valence-electron chi connectivity index (χ1n) is 7.28. The van der Waals surface area contributed by atoms with E-state index in [0.717, 1.165) is 50.8 Å². The standard InChI is InChI=1S/C16H20FNO/c17-15-8-6-12(7-9-15)14-3-1-2-10-18(11-14)16(19)13-4-5-13/h6-9,13-14H,1-5,10-11H2/t14-/m0/s1. The predicted molar refractivity (Wildman–Crippen MR) is 72.3 cm³/mol. The lowest BCUT2D eigenvalue weighted by Crippen LogP contribution is -2.35. The van der Waals surface area contributed by atoms with Crippen molar-refractivity contribution in [2.75, 3.05) is 13.1 Å². The van der Waals surface area contributed by atoms with Crippen LogP contribution in [0.4, 0.5) is 4.39 Å². The molecule has 0 spiro atoms. The van der Waals surface area contributed by atoms with E-state index in [4.69, 9.17) is 0 Å². The van der Waals surface area contributed by atoms with E-state index >= 15 is 0 Å². The topological polar surface area (TPSA) is 20.3 Å². The Morgan fingerprint density at radius 2 is 1.84 bits per heavy atom. The van der Waals surface area contributed by atoms with Gasteiger partial charge in [-0.05, 0) is 43.4 Å². The number of hydrogen-bond donors (Lipinski definition) is 0. The Labute approximate surface area is 113 Å². The first-order chi connectivity index (χ1) is 9.24. The molecule has 0 N–H and O–H groups in total. The van der Waals surface area contributed by atoms with Crippen LogP contribution < -0.4 is 0 Å². The van der Waals surface area contributed by atoms with Gasteiger partial charge in [0.15, 0.2) is 0 Å². The summed E-state index contributed by atoms with van der Waals surface area (Å²) in [5.41, 5.74) is 1.16. The minimum absolute atomic E-state index is 0.191. The third kappa shape index (κ3) is 2.96. The Balaban J connectivity index is 1.73. The number of amides is 1. The highest BCUT2D eigenvalue weighted by Gasteiger charge is 2.34. The van der Waals surface area contributed by atoms with E-state index in [2.05, 4.69) is 0 Å². The van der Waals surface area contributed by atoms with Crippen LogP contribution in [0.1, 0.15) is 43.6 Å². The number of likely N-dealkylation sites (tertiary alicyclic amines) is 1. The van der Waals surface area contributed by atoms with Gasteiger partial charge in [0.05, 0.1) is 0 Å². The summed E-state index contributed by atoms with van der Waals surface area (Å²) in [4.78, 5) is 14.3. The second-order valence-electron chi connectivity index (χ2n) is 5.80. The zero-order valence-corrected chi connectivity index (χ0v) is 11.1. The summed E-state index contributed by atoms with van der Waals surface area (Å²) >= 11 is 0. The van der Waals surface area contributed by atoms with Gasteiger partial charge >= 0.3 is 0 Å². The predicted octanol–water partition coefficient (Wildman–Crippen LogP) is 3.33. The van der Waals surface area contributed by atoms with Gasteiger partial charge in [-0.25, -0.2) is 4.39 Å². The Hall–Kier alpha value is -1.38. The summed E-state index contributed by atoms with van der Waals surface area (Å²) in [6, 6.07) is 6.77. The van der Waals surface area contributed by atoms with E-state index in [1.165, 1.54) is 12.1 Å². The third-order valence-electron chi connectivity index (χ3n) is 4.25. The molecule has 1 aliphatic heterocycles. The first-order valence-corrected chi connectivity index (χ1v) is 7.28. The zero-order valence-electron chi connectivity index (χ0n) is 11.1. The van der Waals surface area contributed by atoms with Crippen LogP contribution in [0.2, 0.25) is 0 Å². The SMILES string of the molecule is O=C(C1CC1)N1CCCC[C@H](c2ccc(F)cc2)C1. The van der Waals surface area contributed by atoms with Crippen molar-refractivity contribution in [1.82, 2.24) is 4.90 Å². The zero-order chi connectivity index (χ0) is 13.2. The van der Waals surface area contributed by atoms with Gasteiger partial charge in [-0.1, -0.05) is 18.6 Å². The molecule has 0 bridgehead atoms. The molecule has 0 radical (unpaired) electrons. The van der Waals surface area contributed by atoms with Crippen LogP contribution in [0.25, 0.3) is 0 Å². The Bertz CT molecular complexity index is 452. The summed E-state index contributed by atoms with van der Waals surface area (Å²) in [7, 11) is 0. The second kappa shape index (κ2) is 5.32. The van der Waals surface area contributed by atoms with E-state index in [-0.39, 0.29) is 5.82 Å². The lowest BCUT2D eigenvalue weighted by atomic mass is 9.94. The number of halogens is 1. The average Bonchev–Trinajstić information content (AvgIpc) is 3.26. The summed E-state index contributed by atoms with van der Waals surface area (Å²) in [5.74, 6) is 0.815. The molecule has 1 aliphatic carbocycles. The molecule has 3 rings (SSSR count). The van der Waals surface area contributed by atoms with Crippen molar-refractivity contribution in [1.29, 1.82) is 0 Å². The molecule has 102 valence electrons. The monoisotopic (exact) mass is 261 g/mol. The minimum atomic E-state index is -0.191. The lowest BCUT2D eigenvalue weighted by Gasteiger charge is -2.25. The van der Waals surface area contributed by atoms with Gasteiger partial charge in [-0.2, -0.15) is 0 Å². The van der Waals surface area contributed by atoms with Gasteiger partial charge < -0.3 is 4.90 Å². The molecule has 3 heteroatoms. The molecule has 0 aromatic heterocycles. The molecule has 2 aliphatic rings. The van der Waals surface area contributed by atoms with Crippen molar-refractivity contribution in [2.45, 2.75) is 38.0 Å². The molecule has 0 unspecified atom stereocenters. The average molecular weight is 261 g/mol. The fourth-order valence-corrected chi connectivity index (χ4v) is 2.94. The maximum atomic E-state index is 13.0. The van der Waals surface area contributed by atoms with Crippen LogP contribution in [0.3, 0.4) is 0 Å². The molecule has 1 heterocycles. The van der Waals surface area contributed by atoms with Crippen molar-refractivity contribution in [3.63, 3.8) is 0 Å². The number of hydrogen-bond acceptors (Lipinski definition) is 1. The van der Waals surface area contributed by atoms with E-state index < -0.39 is 0 Å². The van der Waals surface area contributed by atoms with E-state index in [9.17, 15) is 9.18 Å². The van der Waals surface area contributed by atoms with Crippen LogP contribution in [0, 0.1) is 11.7 Å². The molecule has 1 atom stereocenters. The summed E-state index contributed by atoms with van der Waals surface area (Å²) < 4.78 is 13.0. The summed E-state index contributed by atoms with van der Waals surface area (Å²) in [6.45, 7) is 1.70. The molecule has 1 saturated heterocycles. The number of carbonyl (C=O) groups is 1. The van der Waals surface area contributed by atoms with Gasteiger partial charge in [0.2, 0.25) is 5.91 Å². The van der Waals surface area contributed by atoms with Gasteiger partial charge in [0.25, 0.3) is 0 Å². The van der Waals surface area contributed by atoms with Gasteiger partial charge in [0.1, 0.15) is 5.82 Å². The number of benzene rings is 1. The Kier molecular flexibility index (Phi) is 3.54. The van der Waals surface area contributed by atoms with Gasteiger partial charge in [0, 0.05) is 24.9 Å². The van der Waals surface area contributed by atoms with Crippen molar-refractivity contribution >= 4 is 5.91 Å². The van der Waals surface area contributed by atoms with E-state index in [1.54, 1.807) is 0 Å². The molecular formula is C16H20FNO. The Morgan fingerprint density at radius 1 is 1.11 bits per heavy atom. The molecule has 2 fully saturated rings. The van der Waals surface area contributed by atoms with Crippen LogP contribution in [0.5, 0.6) is 0 Å². The second-order valence-corrected chi connectivity index (χ2v) is 5.80. The fraction of sp³-hybridized carbons (Fsp3) is 0.562. The summed E-state index contributed by atoms with van der Waals surface area (Å²) in [6.07, 6.45) is 5.47. The smallest absolute Gasteiger partial charge is 0.225 e. The highest BCUT2D eigenvalue weighted by molar-refractivity contribution is 5.81. The summed E-state index contributed by atoms with van der Waals surface area (Å²) in [5, 5.41) is 0. The highest BCUT2D eigenvalue weighted by Crippen LogP contribution is 2.34. The van der Waals surface area contributed by atoms with Crippen molar-refractivity contribution in [2.24, 2.45) is 5.92 Å². The fourth-order valence-electron chi connectivity index (χ4n) is 2.94. The van der Waals surface area contributed by atoms with Crippen LogP contribution in [-0.4, -0.2) is 23.9 Å². The van der Waals surface area contributed by atoms with Gasteiger partial charge in [-0.15, -0.1) is 0 Å². The first kappa shape index (κ1) is 12.6. The van der Waals surface area contributed by atoms with Crippen molar-refractivity contribution < 1.29 is 9.18 Å². The van der Waals surface area contributed by atoms with Crippen LogP contribution >= 0.6 is 0 Å². The van der Waals surface area contributed by atoms with Crippen molar-refractivity contribution in [3.8, 4) is 0 Å². The molecule has 1 aromatic carbocycles. The number of nitrogens with zero attached hydrogens (tertiary/aromatic N) is 1. The van der Waals surface area contributed by atoms with Gasteiger partial charge in [-0.3, -0.25) is 4.79 Å². The molecule has 1 amide bonds. The molecule has 1 aromatic rings. The lowest BCUT2D eigenvalue weighted by molar-refractivity contribution is -0.132. The highest BCUT2D eigenvalue weighted by atomic mass is 19.1. The molecular weight excluding hydrogens is 241 g/mol. The number of rotatable bonds is 2. The van der Waals surface area contributed by atoms with Crippen molar-refractivity contribution in [3.05, 3.63) is 35.6 Å². The Morgan fingerprint density at radius 3 is 2.53 bits per heavy atom.